The van der Waals surface area contributed by atoms with Crippen molar-refractivity contribution in [3.05, 3.63) is 87.5 Å². The molecular weight excluding hydrogens is 847 g/mol. The van der Waals surface area contributed by atoms with Crippen LogP contribution in [0.1, 0.15) is 106 Å². The fourth-order valence-electron chi connectivity index (χ4n) is 10.2. The highest BCUT2D eigenvalue weighted by atomic mass is 16.7. The monoisotopic (exact) mass is 896 g/mol. The third kappa shape index (κ3) is 7.59. The van der Waals surface area contributed by atoms with E-state index in [1.165, 1.54) is 24.3 Å². The molecule has 1 saturated heterocycles. The number of aliphatic hydroxyl groups is 6. The van der Waals surface area contributed by atoms with E-state index in [9.17, 15) is 49.8 Å². The molecule has 1 amide bonds. The number of aldehydes is 1. The van der Waals surface area contributed by atoms with Gasteiger partial charge in [0.15, 0.2) is 35.3 Å². The molecule has 8 atom stereocenters. The third-order valence-corrected chi connectivity index (χ3v) is 13.5. The van der Waals surface area contributed by atoms with Crippen LogP contribution in [0.5, 0.6) is 11.5 Å². The number of carbonyl (C=O) groups excluding carboxylic acids is 4. The largest absolute Gasteiger partial charge is 0.486 e. The molecule has 0 aromatic heterocycles. The number of ether oxygens (including phenoxy) is 4. The highest BCUT2D eigenvalue weighted by Gasteiger charge is 2.61. The molecule has 1 saturated carbocycles. The lowest BCUT2D eigenvalue weighted by Crippen LogP contribution is -3.09. The Morgan fingerprint density at radius 1 is 1.00 bits per heavy atom. The Balaban J connectivity index is 1.32. The van der Waals surface area contributed by atoms with Crippen LogP contribution in [0.3, 0.4) is 0 Å². The Kier molecular flexibility index (Phi) is 12.1. The SMILES string of the molecule is N=C1N=C2C(=NC[NH+]2c2ccccc2[C@H]2CCOC3(CCCCC3)[C@@H]3O[C@H](Oc4c2cc2c(c4OC[C@H](O)CC=O)C(=O)c4cc(CO)ccc4C2=O)[C@](O)(CCO)[C@H](O)[C@H]3O)C(=O)N1. The van der Waals surface area contributed by atoms with Crippen LogP contribution in [0.2, 0.25) is 0 Å². The molecule has 0 radical (unpaired) electrons. The highest BCUT2D eigenvalue weighted by molar-refractivity contribution is 6.68. The number of nitrogens with zero attached hydrogens (tertiary/aromatic N) is 2. The van der Waals surface area contributed by atoms with Gasteiger partial charge in [-0.25, -0.2) is 9.89 Å². The molecule has 9 rings (SSSR count). The van der Waals surface area contributed by atoms with Gasteiger partial charge in [-0.05, 0) is 49.1 Å². The summed E-state index contributed by atoms with van der Waals surface area (Å²) in [7, 11) is 0. The first-order valence-electron chi connectivity index (χ1n) is 21.8. The first-order chi connectivity index (χ1) is 31.3. The highest BCUT2D eigenvalue weighted by Crippen LogP contribution is 2.52. The Morgan fingerprint density at radius 3 is 2.54 bits per heavy atom. The van der Waals surface area contributed by atoms with Gasteiger partial charge in [0.2, 0.25) is 18.0 Å². The second kappa shape index (κ2) is 17.6. The summed E-state index contributed by atoms with van der Waals surface area (Å²) >= 11 is 0. The number of guanidine groups is 1. The van der Waals surface area contributed by atoms with Crippen LogP contribution in [0.25, 0.3) is 0 Å². The van der Waals surface area contributed by atoms with E-state index in [1.807, 2.05) is 6.07 Å². The molecule has 342 valence electrons. The number of hydrogen-bond acceptors (Lipinski definition) is 16. The molecular formula is C46H50N5O14+. The van der Waals surface area contributed by atoms with E-state index in [0.717, 1.165) is 6.42 Å². The number of aliphatic imine (C=N–C) groups is 2. The number of fused-ring (bicyclic) bond motifs is 7. The lowest BCUT2D eigenvalue weighted by Gasteiger charge is -2.53. The van der Waals surface area contributed by atoms with Crippen LogP contribution in [-0.2, 0) is 25.7 Å². The van der Waals surface area contributed by atoms with Crippen molar-refractivity contribution in [3.63, 3.8) is 0 Å². The third-order valence-electron chi connectivity index (χ3n) is 13.5. The quantitative estimate of drug-likeness (QED) is 0.0938. The lowest BCUT2D eigenvalue weighted by molar-refractivity contribution is -0.723. The maximum absolute atomic E-state index is 14.9. The van der Waals surface area contributed by atoms with Gasteiger partial charge in [0.25, 0.3) is 11.7 Å². The zero-order chi connectivity index (χ0) is 45.8. The van der Waals surface area contributed by atoms with Crippen molar-refractivity contribution in [2.24, 2.45) is 9.98 Å². The number of ketones is 2. The first kappa shape index (κ1) is 44.6. The molecule has 4 aliphatic heterocycles. The smallest absolute Gasteiger partial charge is 0.284 e. The van der Waals surface area contributed by atoms with Crippen molar-refractivity contribution in [3.8, 4) is 11.5 Å². The van der Waals surface area contributed by atoms with Crippen LogP contribution in [0.4, 0.5) is 5.69 Å². The maximum Gasteiger partial charge on any atom is 0.284 e. The molecule has 1 unspecified atom stereocenters. The number of amides is 1. The lowest BCUT2D eigenvalue weighted by atomic mass is 9.73. The van der Waals surface area contributed by atoms with Gasteiger partial charge in [-0.3, -0.25) is 25.1 Å². The Morgan fingerprint density at radius 2 is 1.78 bits per heavy atom. The van der Waals surface area contributed by atoms with E-state index in [2.05, 4.69) is 15.3 Å². The Hall–Kier alpha value is -5.61. The van der Waals surface area contributed by atoms with Gasteiger partial charge in [0, 0.05) is 59.8 Å². The molecule has 19 nitrogen and oxygen atoms in total. The molecule has 65 heavy (non-hydrogen) atoms. The van der Waals surface area contributed by atoms with Gasteiger partial charge < -0.3 is 54.4 Å². The summed E-state index contributed by atoms with van der Waals surface area (Å²) in [4.78, 5) is 63.5. The number of aliphatic hydroxyl groups excluding tert-OH is 5. The van der Waals surface area contributed by atoms with Gasteiger partial charge in [-0.1, -0.05) is 43.5 Å². The van der Waals surface area contributed by atoms with Gasteiger partial charge in [-0.2, -0.15) is 4.99 Å². The summed E-state index contributed by atoms with van der Waals surface area (Å²) in [5, 5.41) is 77.9. The fraction of sp³-hybridized carbons (Fsp3) is 0.457. The number of carbonyl (C=O) groups is 4. The van der Waals surface area contributed by atoms with Crippen molar-refractivity contribution in [2.45, 2.75) is 106 Å². The molecule has 6 aliphatic rings. The van der Waals surface area contributed by atoms with E-state index in [1.54, 1.807) is 18.2 Å². The summed E-state index contributed by atoms with van der Waals surface area (Å²) < 4.78 is 26.7. The predicted octanol–water partition coefficient (Wildman–Crippen LogP) is -0.131. The minimum Gasteiger partial charge on any atom is -0.486 e. The fourth-order valence-corrected chi connectivity index (χ4v) is 10.2. The van der Waals surface area contributed by atoms with Gasteiger partial charge in [-0.15, -0.1) is 0 Å². The van der Waals surface area contributed by atoms with Crippen LogP contribution >= 0.6 is 0 Å². The molecule has 3 aromatic rings. The van der Waals surface area contributed by atoms with Gasteiger partial charge >= 0.3 is 0 Å². The van der Waals surface area contributed by atoms with E-state index >= 15 is 0 Å². The van der Waals surface area contributed by atoms with Crippen LogP contribution in [0.15, 0.2) is 58.5 Å². The van der Waals surface area contributed by atoms with Crippen molar-refractivity contribution in [1.82, 2.24) is 5.32 Å². The number of amidine groups is 1. The standard InChI is InChI=1S/C46H49N5O14/c47-44-49-41-33(42(60)50-44)48-22-51(41)31-7-3-2-6-26(31)25-11-17-63-45(12-4-1-5-13-45)40-36(58)39(59)46(61,14-16-53)43(65-40)64-37-29(25)19-30-32(38(37)62-21-24(55)10-15-52)35(57)28-18-23(20-54)8-9-27(28)34(30)56/h2-3,6-9,15,18-19,24-25,36,39-40,43,53-55,58-59,61H,1,4-5,10-14,16-17,20-22H2,(H2,47,50,60)/p+1/t24-,25-,36-,39-,40-,43+,46+/m1/s1. The molecule has 19 heteroatoms. The number of rotatable bonds is 10. The predicted molar refractivity (Wildman–Crippen MR) is 227 cm³/mol. The second-order valence-corrected chi connectivity index (χ2v) is 17.3. The zero-order valence-corrected chi connectivity index (χ0v) is 35.2. The Bertz CT molecular complexity index is 2520. The molecule has 2 aliphatic carbocycles. The Labute approximate surface area is 371 Å². The minimum atomic E-state index is -2.51. The van der Waals surface area contributed by atoms with E-state index < -0.39 is 91.5 Å². The van der Waals surface area contributed by atoms with Crippen molar-refractivity contribution in [2.75, 3.05) is 26.5 Å². The second-order valence-electron chi connectivity index (χ2n) is 17.3. The average Bonchev–Trinajstić information content (AvgIpc) is 3.72. The number of nitrogens with one attached hydrogen (secondary N) is 3. The minimum absolute atomic E-state index is 0.0112. The summed E-state index contributed by atoms with van der Waals surface area (Å²) in [5.74, 6) is -3.56. The molecule has 3 aromatic carbocycles. The molecule has 2 bridgehead atoms. The van der Waals surface area contributed by atoms with Gasteiger partial charge in [0.05, 0.1) is 23.9 Å². The van der Waals surface area contributed by atoms with Gasteiger partial charge in [0.1, 0.15) is 36.9 Å². The molecule has 2 fully saturated rings. The topological polar surface area (TPSA) is 292 Å². The normalized spacial score (nSPS) is 28.6. The summed E-state index contributed by atoms with van der Waals surface area (Å²) in [5.41, 5.74) is -2.41. The van der Waals surface area contributed by atoms with Crippen molar-refractivity contribution < 1.29 is 73.7 Å². The maximum atomic E-state index is 14.9. The number of quaternary nitrogens is 1. The first-order valence-corrected chi connectivity index (χ1v) is 21.8. The van der Waals surface area contributed by atoms with Crippen molar-refractivity contribution in [1.29, 1.82) is 5.41 Å². The van der Waals surface area contributed by atoms with E-state index in [4.69, 9.17) is 24.4 Å². The number of para-hydroxylation sites is 1. The number of hydrogen-bond donors (Lipinski definition) is 9. The average molecular weight is 897 g/mol. The zero-order valence-electron chi connectivity index (χ0n) is 35.2. The number of benzene rings is 3. The van der Waals surface area contributed by atoms with E-state index in [0.29, 0.717) is 53.7 Å². The molecule has 9 N–H and O–H groups in total. The summed E-state index contributed by atoms with van der Waals surface area (Å²) in [6.45, 7) is -1.71. The van der Waals surface area contributed by atoms with Crippen LogP contribution in [0, 0.1) is 5.41 Å². The van der Waals surface area contributed by atoms with Crippen LogP contribution in [-0.4, -0.2) is 140 Å². The van der Waals surface area contributed by atoms with E-state index in [-0.39, 0.29) is 82.9 Å². The van der Waals surface area contributed by atoms with Crippen molar-refractivity contribution >= 4 is 47.0 Å². The molecule has 1 spiro atoms. The molecule has 4 heterocycles. The van der Waals surface area contributed by atoms with Crippen LogP contribution < -0.4 is 19.7 Å². The summed E-state index contributed by atoms with van der Waals surface area (Å²) in [6.07, 6.45) is -5.56. The summed E-state index contributed by atoms with van der Waals surface area (Å²) in [6, 6.07) is 13.0.